The number of carboxylic acids is 1. The number of fused-ring (bicyclic) bond motifs is 1. The first-order valence-corrected chi connectivity index (χ1v) is 7.17. The van der Waals surface area contributed by atoms with Crippen LogP contribution in [-0.2, 0) is 6.42 Å². The van der Waals surface area contributed by atoms with E-state index in [1.54, 1.807) is 0 Å². The van der Waals surface area contributed by atoms with Crippen LogP contribution in [0, 0.1) is 0 Å². The van der Waals surface area contributed by atoms with E-state index in [-0.39, 0.29) is 17.3 Å². The van der Waals surface area contributed by atoms with Gasteiger partial charge in [0.2, 0.25) is 0 Å². The van der Waals surface area contributed by atoms with E-state index >= 15 is 0 Å². The molecule has 0 saturated heterocycles. The highest BCUT2D eigenvalue weighted by molar-refractivity contribution is 6.08. The first-order chi connectivity index (χ1) is 11.1. The SMILES string of the molecule is CCc1cccc2c(-c3cnc(OC)c(O)c3)c(C(=O)O)[nH]c12. The number of nitrogens with one attached hydrogen (secondary N) is 1. The van der Waals surface area contributed by atoms with Crippen molar-refractivity contribution < 1.29 is 19.7 Å². The molecule has 3 N–H and O–H groups in total. The molecule has 0 fully saturated rings. The molecule has 1 aromatic carbocycles. The van der Waals surface area contributed by atoms with Crippen LogP contribution in [0.4, 0.5) is 0 Å². The topological polar surface area (TPSA) is 95.4 Å². The number of aryl methyl sites for hydroxylation is 1. The number of aromatic amines is 1. The van der Waals surface area contributed by atoms with Crippen LogP contribution in [0.2, 0.25) is 0 Å². The number of rotatable bonds is 4. The maximum absolute atomic E-state index is 11.6. The van der Waals surface area contributed by atoms with E-state index in [9.17, 15) is 15.0 Å². The Kier molecular flexibility index (Phi) is 3.65. The lowest BCUT2D eigenvalue weighted by atomic mass is 10.0. The van der Waals surface area contributed by atoms with Crippen molar-refractivity contribution in [2.45, 2.75) is 13.3 Å². The molecule has 3 rings (SSSR count). The van der Waals surface area contributed by atoms with Gasteiger partial charge < -0.3 is 19.9 Å². The predicted octanol–water partition coefficient (Wildman–Crippen LogP) is 3.20. The number of ether oxygens (including phenoxy) is 1. The highest BCUT2D eigenvalue weighted by atomic mass is 16.5. The van der Waals surface area contributed by atoms with E-state index < -0.39 is 5.97 Å². The van der Waals surface area contributed by atoms with E-state index in [0.29, 0.717) is 11.1 Å². The average molecular weight is 312 g/mol. The zero-order valence-electron chi connectivity index (χ0n) is 12.8. The Morgan fingerprint density at radius 3 is 2.78 bits per heavy atom. The second kappa shape index (κ2) is 5.64. The van der Waals surface area contributed by atoms with Gasteiger partial charge in [-0.25, -0.2) is 9.78 Å². The molecule has 0 saturated carbocycles. The Hall–Kier alpha value is -3.02. The molecule has 2 heterocycles. The molecule has 3 aromatic rings. The molecule has 0 bridgehead atoms. The van der Waals surface area contributed by atoms with Crippen LogP contribution < -0.4 is 4.74 Å². The summed E-state index contributed by atoms with van der Waals surface area (Å²) in [5.74, 6) is -1.10. The van der Waals surface area contributed by atoms with Gasteiger partial charge in [-0.1, -0.05) is 25.1 Å². The van der Waals surface area contributed by atoms with Gasteiger partial charge in [0.25, 0.3) is 5.88 Å². The van der Waals surface area contributed by atoms with Crippen molar-refractivity contribution in [1.82, 2.24) is 9.97 Å². The van der Waals surface area contributed by atoms with Crippen LogP contribution in [0.15, 0.2) is 30.5 Å². The van der Waals surface area contributed by atoms with Gasteiger partial charge in [0.1, 0.15) is 5.69 Å². The van der Waals surface area contributed by atoms with E-state index in [4.69, 9.17) is 4.74 Å². The molecule has 118 valence electrons. The molecule has 6 heteroatoms. The summed E-state index contributed by atoms with van der Waals surface area (Å²) in [6.07, 6.45) is 2.27. The number of hydrogen-bond donors (Lipinski definition) is 3. The lowest BCUT2D eigenvalue weighted by molar-refractivity contribution is 0.0692. The van der Waals surface area contributed by atoms with Crippen LogP contribution >= 0.6 is 0 Å². The Morgan fingerprint density at radius 2 is 2.17 bits per heavy atom. The van der Waals surface area contributed by atoms with Gasteiger partial charge in [-0.15, -0.1) is 0 Å². The Balaban J connectivity index is 2.33. The fourth-order valence-corrected chi connectivity index (χ4v) is 2.77. The summed E-state index contributed by atoms with van der Waals surface area (Å²) in [6.45, 7) is 2.01. The normalized spacial score (nSPS) is 10.9. The maximum atomic E-state index is 11.6. The summed E-state index contributed by atoms with van der Waals surface area (Å²) < 4.78 is 4.93. The number of para-hydroxylation sites is 1. The van der Waals surface area contributed by atoms with Crippen molar-refractivity contribution in [2.75, 3.05) is 7.11 Å². The van der Waals surface area contributed by atoms with Crippen molar-refractivity contribution in [3.63, 3.8) is 0 Å². The van der Waals surface area contributed by atoms with E-state index in [1.165, 1.54) is 19.4 Å². The van der Waals surface area contributed by atoms with Crippen molar-refractivity contribution in [2.24, 2.45) is 0 Å². The molecule has 23 heavy (non-hydrogen) atoms. The number of carboxylic acid groups (broad SMARTS) is 1. The summed E-state index contributed by atoms with van der Waals surface area (Å²) in [7, 11) is 1.41. The molecule has 0 aliphatic heterocycles. The number of aromatic hydroxyl groups is 1. The average Bonchev–Trinajstić information content (AvgIpc) is 2.94. The molecule has 0 unspecified atom stereocenters. The van der Waals surface area contributed by atoms with Gasteiger partial charge in [-0.05, 0) is 18.1 Å². The molecule has 0 spiro atoms. The predicted molar refractivity (Wildman–Crippen MR) is 86.1 cm³/mol. The van der Waals surface area contributed by atoms with Crippen LogP contribution in [0.25, 0.3) is 22.0 Å². The number of pyridine rings is 1. The highest BCUT2D eigenvalue weighted by Crippen LogP contribution is 2.36. The number of H-pyrrole nitrogens is 1. The number of benzene rings is 1. The van der Waals surface area contributed by atoms with Crippen molar-refractivity contribution in [3.8, 4) is 22.8 Å². The third kappa shape index (κ3) is 2.38. The van der Waals surface area contributed by atoms with E-state index in [1.807, 2.05) is 25.1 Å². The first-order valence-electron chi connectivity index (χ1n) is 7.17. The van der Waals surface area contributed by atoms with Gasteiger partial charge in [0, 0.05) is 28.2 Å². The fourth-order valence-electron chi connectivity index (χ4n) is 2.77. The number of hydrogen-bond acceptors (Lipinski definition) is 4. The highest BCUT2D eigenvalue weighted by Gasteiger charge is 2.21. The molecule has 2 aromatic heterocycles. The Bertz CT molecular complexity index is 899. The number of nitrogens with zero attached hydrogens (tertiary/aromatic N) is 1. The largest absolute Gasteiger partial charge is 0.503 e. The summed E-state index contributed by atoms with van der Waals surface area (Å²) in [6, 6.07) is 7.16. The third-order valence-corrected chi connectivity index (χ3v) is 3.83. The molecule has 0 aliphatic rings. The number of methoxy groups -OCH3 is 1. The second-order valence-electron chi connectivity index (χ2n) is 5.13. The molecular weight excluding hydrogens is 296 g/mol. The molecule has 0 radical (unpaired) electrons. The maximum Gasteiger partial charge on any atom is 0.352 e. The van der Waals surface area contributed by atoms with Gasteiger partial charge in [0.05, 0.1) is 7.11 Å². The minimum Gasteiger partial charge on any atom is -0.503 e. The van der Waals surface area contributed by atoms with E-state index in [0.717, 1.165) is 22.9 Å². The van der Waals surface area contributed by atoms with Gasteiger partial charge in [-0.3, -0.25) is 0 Å². The van der Waals surface area contributed by atoms with Crippen molar-refractivity contribution in [3.05, 3.63) is 41.7 Å². The quantitative estimate of drug-likeness (QED) is 0.687. The summed E-state index contributed by atoms with van der Waals surface area (Å²) in [5, 5.41) is 20.3. The monoisotopic (exact) mass is 312 g/mol. The van der Waals surface area contributed by atoms with Crippen molar-refractivity contribution in [1.29, 1.82) is 0 Å². The Labute approximate surface area is 132 Å². The number of carbonyl (C=O) groups is 1. The molecule has 6 nitrogen and oxygen atoms in total. The smallest absolute Gasteiger partial charge is 0.352 e. The number of aromatic carboxylic acids is 1. The van der Waals surface area contributed by atoms with Gasteiger partial charge >= 0.3 is 5.97 Å². The van der Waals surface area contributed by atoms with Gasteiger partial charge in [0.15, 0.2) is 5.75 Å². The minimum absolute atomic E-state index is 0.0762. The summed E-state index contributed by atoms with van der Waals surface area (Å²) >= 11 is 0. The van der Waals surface area contributed by atoms with Gasteiger partial charge in [-0.2, -0.15) is 0 Å². The Morgan fingerprint density at radius 1 is 1.39 bits per heavy atom. The molecule has 0 atom stereocenters. The second-order valence-corrected chi connectivity index (χ2v) is 5.13. The first kappa shape index (κ1) is 14.9. The molecule has 0 aliphatic carbocycles. The molecule has 0 amide bonds. The molecular formula is C17H16N2O4. The van der Waals surface area contributed by atoms with Crippen LogP contribution in [0.5, 0.6) is 11.6 Å². The lowest BCUT2D eigenvalue weighted by Crippen LogP contribution is -1.99. The van der Waals surface area contributed by atoms with Crippen LogP contribution in [0.3, 0.4) is 0 Å². The van der Waals surface area contributed by atoms with E-state index in [2.05, 4.69) is 9.97 Å². The minimum atomic E-state index is -1.06. The third-order valence-electron chi connectivity index (χ3n) is 3.83. The summed E-state index contributed by atoms with van der Waals surface area (Å²) in [4.78, 5) is 18.6. The van der Waals surface area contributed by atoms with Crippen molar-refractivity contribution >= 4 is 16.9 Å². The zero-order chi connectivity index (χ0) is 16.6. The van der Waals surface area contributed by atoms with Crippen LogP contribution in [0.1, 0.15) is 23.0 Å². The standard InChI is InChI=1S/C17H16N2O4/c1-3-9-5-4-6-11-13(15(17(21)22)19-14(9)11)10-7-12(20)16(23-2)18-8-10/h4-8,19-20H,3H2,1-2H3,(H,21,22). The fraction of sp³-hybridized carbons (Fsp3) is 0.176. The number of aromatic nitrogens is 2. The lowest BCUT2D eigenvalue weighted by Gasteiger charge is -2.06. The van der Waals surface area contributed by atoms with Crippen LogP contribution in [-0.4, -0.2) is 33.3 Å². The zero-order valence-corrected chi connectivity index (χ0v) is 12.8. The summed E-state index contributed by atoms with van der Waals surface area (Å²) in [5.41, 5.74) is 2.92.